The van der Waals surface area contributed by atoms with Crippen molar-refractivity contribution in [1.82, 2.24) is 10.3 Å². The summed E-state index contributed by atoms with van der Waals surface area (Å²) in [5, 5.41) is 3.30. The van der Waals surface area contributed by atoms with Crippen molar-refractivity contribution in [3.05, 3.63) is 39.7 Å². The molecule has 1 N–H and O–H groups in total. The lowest BCUT2D eigenvalue weighted by atomic mass is 10.4. The van der Waals surface area contributed by atoms with Crippen LogP contribution in [0.25, 0.3) is 0 Å². The molecule has 0 atom stereocenters. The van der Waals surface area contributed by atoms with Crippen LogP contribution in [0.3, 0.4) is 0 Å². The van der Waals surface area contributed by atoms with Gasteiger partial charge in [-0.25, -0.2) is 4.98 Å². The summed E-state index contributed by atoms with van der Waals surface area (Å²) < 4.78 is 5.36. The monoisotopic (exact) mass is 222 g/mol. The standard InChI is InChI=1S/C11H14N2OS/c1-8-5-13-11(14-8)7-12-6-10-4-3-9(2)15-10/h3-5,12H,6-7H2,1-2H3. The number of nitrogens with one attached hydrogen (secondary N) is 1. The van der Waals surface area contributed by atoms with Crippen molar-refractivity contribution in [2.24, 2.45) is 0 Å². The Morgan fingerprint density at radius 2 is 2.20 bits per heavy atom. The Bertz CT molecular complexity index is 393. The molecule has 0 saturated carbocycles. The first-order valence-electron chi connectivity index (χ1n) is 4.91. The quantitative estimate of drug-likeness (QED) is 0.864. The molecule has 2 rings (SSSR count). The van der Waals surface area contributed by atoms with E-state index in [1.807, 2.05) is 18.3 Å². The lowest BCUT2D eigenvalue weighted by molar-refractivity contribution is 0.449. The van der Waals surface area contributed by atoms with Gasteiger partial charge in [-0.15, -0.1) is 11.3 Å². The van der Waals surface area contributed by atoms with Crippen molar-refractivity contribution in [3.63, 3.8) is 0 Å². The Kier molecular flexibility index (Phi) is 3.18. The average molecular weight is 222 g/mol. The maximum Gasteiger partial charge on any atom is 0.208 e. The van der Waals surface area contributed by atoms with Crippen LogP contribution in [0.1, 0.15) is 21.4 Å². The first-order valence-corrected chi connectivity index (χ1v) is 5.73. The van der Waals surface area contributed by atoms with Gasteiger partial charge < -0.3 is 9.73 Å². The highest BCUT2D eigenvalue weighted by atomic mass is 32.1. The zero-order valence-electron chi connectivity index (χ0n) is 8.91. The first kappa shape index (κ1) is 10.4. The van der Waals surface area contributed by atoms with Gasteiger partial charge in [0, 0.05) is 16.3 Å². The second-order valence-electron chi connectivity index (χ2n) is 3.48. The van der Waals surface area contributed by atoms with Crippen LogP contribution in [0.5, 0.6) is 0 Å². The Labute approximate surface area is 93.2 Å². The number of hydrogen-bond acceptors (Lipinski definition) is 4. The molecule has 0 fully saturated rings. The molecule has 0 radical (unpaired) electrons. The molecule has 0 spiro atoms. The Hall–Kier alpha value is -1.13. The van der Waals surface area contributed by atoms with Crippen LogP contribution in [0.15, 0.2) is 22.7 Å². The molecule has 0 unspecified atom stereocenters. The minimum absolute atomic E-state index is 0.685. The van der Waals surface area contributed by atoms with Crippen molar-refractivity contribution >= 4 is 11.3 Å². The molecule has 0 aliphatic rings. The summed E-state index contributed by atoms with van der Waals surface area (Å²) in [5.74, 6) is 1.61. The molecule has 0 amide bonds. The normalized spacial score (nSPS) is 10.8. The highest BCUT2D eigenvalue weighted by Crippen LogP contribution is 2.14. The molecule has 0 aromatic carbocycles. The van der Waals surface area contributed by atoms with Gasteiger partial charge in [-0.05, 0) is 26.0 Å². The molecule has 0 saturated heterocycles. The van der Waals surface area contributed by atoms with Crippen LogP contribution < -0.4 is 5.32 Å². The number of aryl methyl sites for hydroxylation is 2. The Balaban J connectivity index is 1.80. The van der Waals surface area contributed by atoms with E-state index >= 15 is 0 Å². The van der Waals surface area contributed by atoms with Crippen molar-refractivity contribution in [2.75, 3.05) is 0 Å². The van der Waals surface area contributed by atoms with Crippen molar-refractivity contribution < 1.29 is 4.42 Å². The van der Waals surface area contributed by atoms with Gasteiger partial charge in [-0.2, -0.15) is 0 Å². The summed E-state index contributed by atoms with van der Waals surface area (Å²) in [4.78, 5) is 6.82. The fraction of sp³-hybridized carbons (Fsp3) is 0.364. The number of rotatable bonds is 4. The highest BCUT2D eigenvalue weighted by molar-refractivity contribution is 7.11. The number of nitrogens with zero attached hydrogens (tertiary/aromatic N) is 1. The van der Waals surface area contributed by atoms with E-state index in [2.05, 4.69) is 29.4 Å². The highest BCUT2D eigenvalue weighted by Gasteiger charge is 2.00. The summed E-state index contributed by atoms with van der Waals surface area (Å²) in [6.07, 6.45) is 1.74. The van der Waals surface area contributed by atoms with E-state index in [4.69, 9.17) is 4.42 Å². The summed E-state index contributed by atoms with van der Waals surface area (Å²) in [6, 6.07) is 4.28. The van der Waals surface area contributed by atoms with E-state index < -0.39 is 0 Å². The Morgan fingerprint density at radius 1 is 1.33 bits per heavy atom. The third-order valence-corrected chi connectivity index (χ3v) is 3.04. The maximum absolute atomic E-state index is 5.36. The van der Waals surface area contributed by atoms with E-state index in [1.165, 1.54) is 9.75 Å². The van der Waals surface area contributed by atoms with E-state index in [-0.39, 0.29) is 0 Å². The molecule has 4 heteroatoms. The number of oxazole rings is 1. The lowest BCUT2D eigenvalue weighted by Crippen LogP contribution is -2.11. The van der Waals surface area contributed by atoms with E-state index in [9.17, 15) is 0 Å². The minimum atomic E-state index is 0.685. The third kappa shape index (κ3) is 2.91. The van der Waals surface area contributed by atoms with Gasteiger partial charge in [-0.1, -0.05) is 0 Å². The number of aromatic nitrogens is 1. The van der Waals surface area contributed by atoms with Gasteiger partial charge in [0.2, 0.25) is 5.89 Å². The molecular weight excluding hydrogens is 208 g/mol. The largest absolute Gasteiger partial charge is 0.445 e. The van der Waals surface area contributed by atoms with E-state index in [0.29, 0.717) is 6.54 Å². The molecule has 0 aliphatic heterocycles. The first-order chi connectivity index (χ1) is 7.24. The molecule has 3 nitrogen and oxygen atoms in total. The smallest absolute Gasteiger partial charge is 0.208 e. The fourth-order valence-corrected chi connectivity index (χ4v) is 2.22. The van der Waals surface area contributed by atoms with Crippen LogP contribution >= 0.6 is 11.3 Å². The van der Waals surface area contributed by atoms with Gasteiger partial charge in [-0.3, -0.25) is 0 Å². The van der Waals surface area contributed by atoms with Crippen LogP contribution in [-0.2, 0) is 13.1 Å². The van der Waals surface area contributed by atoms with Gasteiger partial charge in [0.15, 0.2) is 0 Å². The molecule has 80 valence electrons. The summed E-state index contributed by atoms with van der Waals surface area (Å²) in [5.41, 5.74) is 0. The predicted octanol–water partition coefficient (Wildman–Crippen LogP) is 2.64. The average Bonchev–Trinajstić information content (AvgIpc) is 2.76. The summed E-state index contributed by atoms with van der Waals surface area (Å²) in [7, 11) is 0. The van der Waals surface area contributed by atoms with Crippen LogP contribution in [-0.4, -0.2) is 4.98 Å². The zero-order valence-corrected chi connectivity index (χ0v) is 9.73. The van der Waals surface area contributed by atoms with Gasteiger partial charge in [0.05, 0.1) is 12.7 Å². The number of hydrogen-bond donors (Lipinski definition) is 1. The van der Waals surface area contributed by atoms with Gasteiger partial charge in [0.1, 0.15) is 5.76 Å². The van der Waals surface area contributed by atoms with Gasteiger partial charge in [0.25, 0.3) is 0 Å². The van der Waals surface area contributed by atoms with E-state index in [1.54, 1.807) is 6.20 Å². The molecule has 15 heavy (non-hydrogen) atoms. The molecule has 0 bridgehead atoms. The predicted molar refractivity (Wildman–Crippen MR) is 60.8 cm³/mol. The minimum Gasteiger partial charge on any atom is -0.445 e. The second-order valence-corrected chi connectivity index (χ2v) is 4.85. The van der Waals surface area contributed by atoms with Crippen LogP contribution in [0.4, 0.5) is 0 Å². The summed E-state index contributed by atoms with van der Waals surface area (Å²) in [6.45, 7) is 5.58. The Morgan fingerprint density at radius 3 is 2.80 bits per heavy atom. The number of thiophene rings is 1. The SMILES string of the molecule is Cc1cnc(CNCc2ccc(C)s2)o1. The topological polar surface area (TPSA) is 38.1 Å². The zero-order chi connectivity index (χ0) is 10.7. The molecule has 0 aliphatic carbocycles. The van der Waals surface area contributed by atoms with Crippen molar-refractivity contribution in [3.8, 4) is 0 Å². The van der Waals surface area contributed by atoms with Gasteiger partial charge >= 0.3 is 0 Å². The van der Waals surface area contributed by atoms with Crippen molar-refractivity contribution in [2.45, 2.75) is 26.9 Å². The summed E-state index contributed by atoms with van der Waals surface area (Å²) >= 11 is 1.81. The molecule has 2 heterocycles. The fourth-order valence-electron chi connectivity index (χ4n) is 1.36. The van der Waals surface area contributed by atoms with Crippen molar-refractivity contribution in [1.29, 1.82) is 0 Å². The van der Waals surface area contributed by atoms with Crippen LogP contribution in [0, 0.1) is 13.8 Å². The maximum atomic E-state index is 5.36. The molecule has 2 aromatic rings. The van der Waals surface area contributed by atoms with Crippen LogP contribution in [0.2, 0.25) is 0 Å². The van der Waals surface area contributed by atoms with E-state index in [0.717, 1.165) is 18.2 Å². The lowest BCUT2D eigenvalue weighted by Gasteiger charge is -1.98. The molecule has 2 aromatic heterocycles. The second kappa shape index (κ2) is 4.59. The third-order valence-electron chi connectivity index (χ3n) is 2.04. The molecular formula is C11H14N2OS.